The van der Waals surface area contributed by atoms with Crippen LogP contribution < -0.4 is 16.0 Å². The molecular weight excluding hydrogens is 425 g/mol. The fraction of sp³-hybridized carbons (Fsp3) is 0.318. The number of rotatable bonds is 6. The van der Waals surface area contributed by atoms with E-state index in [0.29, 0.717) is 12.1 Å². The van der Waals surface area contributed by atoms with Crippen molar-refractivity contribution < 1.29 is 23.5 Å². The number of halogens is 2. The van der Waals surface area contributed by atoms with Gasteiger partial charge < -0.3 is 20.7 Å². The van der Waals surface area contributed by atoms with Gasteiger partial charge in [0.1, 0.15) is 17.5 Å². The van der Waals surface area contributed by atoms with Crippen LogP contribution in [0.1, 0.15) is 44.5 Å². The van der Waals surface area contributed by atoms with Gasteiger partial charge in [-0.25, -0.2) is 9.18 Å². The van der Waals surface area contributed by atoms with Gasteiger partial charge in [0.2, 0.25) is 5.91 Å². The number of ether oxygens (including phenoxy) is 1. The molecule has 31 heavy (non-hydrogen) atoms. The Morgan fingerprint density at radius 2 is 1.71 bits per heavy atom. The van der Waals surface area contributed by atoms with Crippen LogP contribution in [0.25, 0.3) is 0 Å². The number of hydrogen-bond donors (Lipinski definition) is 3. The Morgan fingerprint density at radius 3 is 2.29 bits per heavy atom. The molecule has 2 rings (SSSR count). The smallest absolute Gasteiger partial charge is 0.408 e. The maximum atomic E-state index is 13.1. The molecule has 0 spiro atoms. The molecule has 0 saturated carbocycles. The van der Waals surface area contributed by atoms with E-state index < -0.39 is 35.4 Å². The third-order valence-corrected chi connectivity index (χ3v) is 4.33. The number of carbonyl (C=O) groups excluding carboxylic acids is 3. The normalized spacial score (nSPS) is 11.9. The van der Waals surface area contributed by atoms with Crippen molar-refractivity contribution in [2.24, 2.45) is 0 Å². The lowest BCUT2D eigenvalue weighted by Gasteiger charge is -2.23. The zero-order valence-corrected chi connectivity index (χ0v) is 18.5. The molecule has 166 valence electrons. The van der Waals surface area contributed by atoms with Gasteiger partial charge in [0, 0.05) is 5.69 Å². The van der Waals surface area contributed by atoms with Crippen LogP contribution in [0, 0.1) is 5.82 Å². The van der Waals surface area contributed by atoms with E-state index in [0.717, 1.165) is 0 Å². The van der Waals surface area contributed by atoms with Gasteiger partial charge in [0.15, 0.2) is 0 Å². The molecule has 0 fully saturated rings. The lowest BCUT2D eigenvalue weighted by Crippen LogP contribution is -2.45. The first kappa shape index (κ1) is 24.1. The summed E-state index contributed by atoms with van der Waals surface area (Å²) in [5.74, 6) is -1.56. The summed E-state index contributed by atoms with van der Waals surface area (Å²) >= 11 is 6.21. The van der Waals surface area contributed by atoms with Crippen LogP contribution in [0.4, 0.5) is 20.6 Å². The van der Waals surface area contributed by atoms with E-state index in [-0.39, 0.29) is 16.3 Å². The van der Waals surface area contributed by atoms with E-state index in [4.69, 9.17) is 16.3 Å². The van der Waals surface area contributed by atoms with Crippen LogP contribution in [-0.4, -0.2) is 29.6 Å². The Morgan fingerprint density at radius 1 is 1.06 bits per heavy atom. The average Bonchev–Trinajstić information content (AvgIpc) is 2.66. The molecule has 0 unspecified atom stereocenters. The maximum absolute atomic E-state index is 13.1. The number of hydrogen-bond acceptors (Lipinski definition) is 4. The molecule has 7 nitrogen and oxygen atoms in total. The van der Waals surface area contributed by atoms with Crippen molar-refractivity contribution in [3.63, 3.8) is 0 Å². The van der Waals surface area contributed by atoms with Crippen molar-refractivity contribution in [2.75, 3.05) is 10.6 Å². The zero-order chi connectivity index (χ0) is 23.2. The Bertz CT molecular complexity index is 958. The van der Waals surface area contributed by atoms with Crippen LogP contribution in [-0.2, 0) is 9.53 Å². The SMILES string of the molecule is CC[C@H](NC(=O)OC(C)(C)C)C(=O)Nc1cccc(Cl)c1C(=O)Nc1ccc(F)cc1. The standard InChI is InChI=1S/C22H25ClFN3O4/c1-5-16(27-21(30)31-22(2,3)4)19(28)26-17-8-6-7-15(23)18(17)20(29)25-14-11-9-13(24)10-12-14/h6-12,16H,5H2,1-4H3,(H,25,29)(H,26,28)(H,27,30)/t16-/m0/s1. The first-order chi connectivity index (χ1) is 14.5. The Hall–Kier alpha value is -3.13. The van der Waals surface area contributed by atoms with Crippen LogP contribution in [0.15, 0.2) is 42.5 Å². The number of alkyl carbamates (subject to hydrolysis) is 1. The molecule has 0 radical (unpaired) electrons. The molecule has 0 heterocycles. The first-order valence-corrected chi connectivity index (χ1v) is 10.0. The van der Waals surface area contributed by atoms with Crippen molar-refractivity contribution in [1.29, 1.82) is 0 Å². The van der Waals surface area contributed by atoms with Gasteiger partial charge in [-0.3, -0.25) is 9.59 Å². The van der Waals surface area contributed by atoms with E-state index in [1.165, 1.54) is 36.4 Å². The molecule has 2 aromatic rings. The van der Waals surface area contributed by atoms with Crippen molar-refractivity contribution >= 4 is 40.9 Å². The molecule has 1 atom stereocenters. The molecule has 0 aromatic heterocycles. The highest BCUT2D eigenvalue weighted by atomic mass is 35.5. The lowest BCUT2D eigenvalue weighted by molar-refractivity contribution is -0.118. The fourth-order valence-electron chi connectivity index (χ4n) is 2.61. The summed E-state index contributed by atoms with van der Waals surface area (Å²) in [6, 6.07) is 8.94. The van der Waals surface area contributed by atoms with Crippen molar-refractivity contribution in [2.45, 2.75) is 45.8 Å². The molecule has 0 aliphatic rings. The molecule has 2 aromatic carbocycles. The van der Waals surface area contributed by atoms with Crippen LogP contribution >= 0.6 is 11.6 Å². The van der Waals surface area contributed by atoms with E-state index in [1.54, 1.807) is 33.8 Å². The highest BCUT2D eigenvalue weighted by molar-refractivity contribution is 6.35. The van der Waals surface area contributed by atoms with Gasteiger partial charge in [0.05, 0.1) is 16.3 Å². The topological polar surface area (TPSA) is 96.5 Å². The third kappa shape index (κ3) is 7.25. The molecular formula is C22H25ClFN3O4. The Kier molecular flexibility index (Phi) is 7.99. The summed E-state index contributed by atoms with van der Waals surface area (Å²) in [4.78, 5) is 37.5. The second kappa shape index (κ2) is 10.3. The summed E-state index contributed by atoms with van der Waals surface area (Å²) in [5, 5.41) is 7.87. The highest BCUT2D eigenvalue weighted by Crippen LogP contribution is 2.26. The van der Waals surface area contributed by atoms with E-state index in [9.17, 15) is 18.8 Å². The van der Waals surface area contributed by atoms with Gasteiger partial charge in [-0.15, -0.1) is 0 Å². The Labute approximate surface area is 185 Å². The minimum absolute atomic E-state index is 0.0361. The number of carbonyl (C=O) groups is 3. The number of amides is 3. The average molecular weight is 450 g/mol. The molecule has 0 aliphatic carbocycles. The van der Waals surface area contributed by atoms with Crippen LogP contribution in [0.2, 0.25) is 5.02 Å². The fourth-order valence-corrected chi connectivity index (χ4v) is 2.87. The molecule has 9 heteroatoms. The predicted octanol–water partition coefficient (Wildman–Crippen LogP) is 4.97. The zero-order valence-electron chi connectivity index (χ0n) is 17.7. The number of benzene rings is 2. The van der Waals surface area contributed by atoms with E-state index >= 15 is 0 Å². The van der Waals surface area contributed by atoms with Gasteiger partial charge in [-0.05, 0) is 63.6 Å². The minimum atomic E-state index is -0.887. The number of anilines is 2. The van der Waals surface area contributed by atoms with Crippen molar-refractivity contribution in [3.8, 4) is 0 Å². The summed E-state index contributed by atoms with van der Waals surface area (Å²) in [7, 11) is 0. The van der Waals surface area contributed by atoms with Gasteiger partial charge in [-0.2, -0.15) is 0 Å². The van der Waals surface area contributed by atoms with Gasteiger partial charge in [0.25, 0.3) is 5.91 Å². The lowest BCUT2D eigenvalue weighted by atomic mass is 10.1. The predicted molar refractivity (Wildman–Crippen MR) is 118 cm³/mol. The minimum Gasteiger partial charge on any atom is -0.444 e. The van der Waals surface area contributed by atoms with Gasteiger partial charge in [-0.1, -0.05) is 24.6 Å². The summed E-state index contributed by atoms with van der Waals surface area (Å²) < 4.78 is 18.3. The summed E-state index contributed by atoms with van der Waals surface area (Å²) in [6.07, 6.45) is -0.433. The van der Waals surface area contributed by atoms with Crippen LogP contribution in [0.3, 0.4) is 0 Å². The second-order valence-corrected chi connectivity index (χ2v) is 8.13. The number of nitrogens with one attached hydrogen (secondary N) is 3. The van der Waals surface area contributed by atoms with E-state index in [2.05, 4.69) is 16.0 Å². The summed E-state index contributed by atoms with van der Waals surface area (Å²) in [6.45, 7) is 6.87. The maximum Gasteiger partial charge on any atom is 0.408 e. The third-order valence-electron chi connectivity index (χ3n) is 4.02. The van der Waals surface area contributed by atoms with Crippen molar-refractivity contribution in [3.05, 3.63) is 58.9 Å². The largest absolute Gasteiger partial charge is 0.444 e. The first-order valence-electron chi connectivity index (χ1n) is 9.66. The monoisotopic (exact) mass is 449 g/mol. The van der Waals surface area contributed by atoms with Crippen LogP contribution in [0.5, 0.6) is 0 Å². The molecule has 0 saturated heterocycles. The molecule has 3 N–H and O–H groups in total. The highest BCUT2D eigenvalue weighted by Gasteiger charge is 2.25. The second-order valence-electron chi connectivity index (χ2n) is 7.72. The van der Waals surface area contributed by atoms with E-state index in [1.807, 2.05) is 0 Å². The molecule has 0 aliphatic heterocycles. The summed E-state index contributed by atoms with van der Waals surface area (Å²) in [5.41, 5.74) is -0.144. The molecule has 3 amide bonds. The molecule has 0 bridgehead atoms. The Balaban J connectivity index is 2.17. The quantitative estimate of drug-likeness (QED) is 0.579. The van der Waals surface area contributed by atoms with Crippen molar-refractivity contribution in [1.82, 2.24) is 5.32 Å². The van der Waals surface area contributed by atoms with Gasteiger partial charge >= 0.3 is 6.09 Å².